The first-order valence-corrected chi connectivity index (χ1v) is 22.6. The number of aromatic nitrogens is 4. The molecule has 0 bridgehead atoms. The molecule has 69 heavy (non-hydrogen) atoms. The number of halogens is 3. The van der Waals surface area contributed by atoms with E-state index in [0.29, 0.717) is 89.6 Å². The molecule has 0 saturated carbocycles. The minimum Gasteiger partial charge on any atom is -0.483 e. The summed E-state index contributed by atoms with van der Waals surface area (Å²) in [5.41, 5.74) is 3.72. The van der Waals surface area contributed by atoms with Crippen molar-refractivity contribution in [1.29, 1.82) is 0 Å². The average Bonchev–Trinajstić information content (AvgIpc) is 4.17. The van der Waals surface area contributed by atoms with E-state index in [1.54, 1.807) is 59.5 Å². The van der Waals surface area contributed by atoms with Gasteiger partial charge in [0.05, 0.1) is 55.8 Å². The molecular formula is C50H57F3N8O8. The summed E-state index contributed by atoms with van der Waals surface area (Å²) in [5.74, 6) is 0.147. The summed E-state index contributed by atoms with van der Waals surface area (Å²) in [7, 11) is 4.06. The molecule has 5 aromatic rings. The van der Waals surface area contributed by atoms with Crippen LogP contribution in [-0.2, 0) is 23.8 Å². The maximum Gasteiger partial charge on any atom is 0.422 e. The van der Waals surface area contributed by atoms with Gasteiger partial charge in [0.15, 0.2) is 6.61 Å². The van der Waals surface area contributed by atoms with Gasteiger partial charge in [-0.05, 0) is 72.9 Å². The number of likely N-dealkylation sites (tertiary alicyclic amines) is 2. The number of benzene rings is 3. The van der Waals surface area contributed by atoms with Gasteiger partial charge in [0, 0.05) is 42.6 Å². The van der Waals surface area contributed by atoms with Gasteiger partial charge >= 0.3 is 18.4 Å². The first-order valence-electron chi connectivity index (χ1n) is 22.6. The van der Waals surface area contributed by atoms with Gasteiger partial charge in [-0.25, -0.2) is 19.6 Å². The highest BCUT2D eigenvalue weighted by Gasteiger charge is 2.42. The Hall–Kier alpha value is -7.15. The van der Waals surface area contributed by atoms with Crippen LogP contribution in [0.5, 0.6) is 5.75 Å². The average molecular weight is 955 g/mol. The van der Waals surface area contributed by atoms with E-state index in [-0.39, 0.29) is 23.5 Å². The standard InChI is InChI=1S/C50H57F3N8O8/c1-8-9-10-12-29(4)42(59-49(65)68-7)47(63)60-20-11-13-38(60)44-54-24-37(56-44)33-15-17-34(40(23-33)69-27-50(51,52)53)31-14-18-35-32(22-31)16-19-36-43(35)57-45(55-36)39-21-30(26-66-5)25-61(39)46(62)41(28(2)3)58-48(64)67-6/h8-10,12,14-19,22-24,28,30,38-39,41-42H,4,11,13,20-21,25-27H2,1-3,5-7H3,(H,54,56)(H,55,57)(H,58,64)(H,59,65)/b9-8-,12-10-/t30-,38-,39-,41-,42+/m0/s1. The first kappa shape index (κ1) is 49.7. The quantitative estimate of drug-likeness (QED) is 0.0696. The van der Waals surface area contributed by atoms with Gasteiger partial charge in [-0.3, -0.25) is 9.59 Å². The number of ether oxygens (including phenoxy) is 4. The van der Waals surface area contributed by atoms with Crippen LogP contribution in [0.2, 0.25) is 0 Å². The second kappa shape index (κ2) is 21.4. The van der Waals surface area contributed by atoms with Gasteiger partial charge in [0.25, 0.3) is 5.91 Å². The zero-order valence-electron chi connectivity index (χ0n) is 39.3. The number of hydrogen-bond acceptors (Lipinski definition) is 10. The number of amides is 4. The van der Waals surface area contributed by atoms with Crippen LogP contribution in [0.4, 0.5) is 22.8 Å². The molecule has 0 aliphatic carbocycles. The first-order chi connectivity index (χ1) is 33.0. The Morgan fingerprint density at radius 1 is 0.913 bits per heavy atom. The van der Waals surface area contributed by atoms with Gasteiger partial charge < -0.3 is 49.3 Å². The molecule has 5 atom stereocenters. The molecule has 0 radical (unpaired) electrons. The molecule has 0 unspecified atom stereocenters. The van der Waals surface area contributed by atoms with Crippen LogP contribution in [0.1, 0.15) is 63.8 Å². The molecule has 366 valence electrons. The van der Waals surface area contributed by atoms with Gasteiger partial charge in [0.1, 0.15) is 29.5 Å². The predicted octanol–water partition coefficient (Wildman–Crippen LogP) is 8.71. The van der Waals surface area contributed by atoms with Crippen molar-refractivity contribution < 1.29 is 51.3 Å². The van der Waals surface area contributed by atoms with Crippen molar-refractivity contribution >= 4 is 45.8 Å². The Morgan fingerprint density at radius 2 is 1.67 bits per heavy atom. The molecule has 2 saturated heterocycles. The number of allylic oxidation sites excluding steroid dienone is 3. The molecular weight excluding hydrogens is 898 g/mol. The summed E-state index contributed by atoms with van der Waals surface area (Å²) in [6.07, 6.45) is 4.16. The van der Waals surface area contributed by atoms with E-state index in [4.69, 9.17) is 23.9 Å². The predicted molar refractivity (Wildman–Crippen MR) is 253 cm³/mol. The number of methoxy groups -OCH3 is 3. The normalized spacial score (nSPS) is 18.4. The van der Waals surface area contributed by atoms with Crippen LogP contribution in [0.3, 0.4) is 0 Å². The highest BCUT2D eigenvalue weighted by molar-refractivity contribution is 6.05. The smallest absolute Gasteiger partial charge is 0.422 e. The summed E-state index contributed by atoms with van der Waals surface area (Å²) in [6, 6.07) is 11.4. The fourth-order valence-corrected chi connectivity index (χ4v) is 9.03. The topological polar surface area (TPSA) is 193 Å². The van der Waals surface area contributed by atoms with Crippen LogP contribution in [0.15, 0.2) is 91.2 Å². The number of rotatable bonds is 16. The second-order valence-corrected chi connectivity index (χ2v) is 17.5. The summed E-state index contributed by atoms with van der Waals surface area (Å²) >= 11 is 0. The zero-order valence-corrected chi connectivity index (χ0v) is 39.3. The van der Waals surface area contributed by atoms with E-state index in [9.17, 15) is 32.3 Å². The van der Waals surface area contributed by atoms with Gasteiger partial charge in [-0.1, -0.05) is 69.0 Å². The van der Waals surface area contributed by atoms with E-state index in [1.807, 2.05) is 51.1 Å². The van der Waals surface area contributed by atoms with Crippen molar-refractivity contribution in [2.45, 2.75) is 70.4 Å². The zero-order chi connectivity index (χ0) is 49.6. The number of fused-ring (bicyclic) bond motifs is 3. The van der Waals surface area contributed by atoms with Crippen LogP contribution < -0.4 is 15.4 Å². The number of carbonyl (C=O) groups excluding carboxylic acids is 4. The van der Waals surface area contributed by atoms with E-state index in [1.165, 1.54) is 20.3 Å². The number of nitrogens with zero attached hydrogens (tertiary/aromatic N) is 4. The molecule has 4 amide bonds. The molecule has 2 aliphatic rings. The van der Waals surface area contributed by atoms with Crippen molar-refractivity contribution in [3.8, 4) is 28.1 Å². The Labute approximate surface area is 397 Å². The molecule has 3 aromatic carbocycles. The summed E-state index contributed by atoms with van der Waals surface area (Å²) in [4.78, 5) is 72.2. The maximum atomic E-state index is 14.1. The minimum atomic E-state index is -4.62. The Bertz CT molecular complexity index is 2760. The molecule has 16 nitrogen and oxygen atoms in total. The largest absolute Gasteiger partial charge is 0.483 e. The van der Waals surface area contributed by atoms with Crippen LogP contribution in [0, 0.1) is 11.8 Å². The fourth-order valence-electron chi connectivity index (χ4n) is 9.03. The summed E-state index contributed by atoms with van der Waals surface area (Å²) < 4.78 is 61.7. The lowest BCUT2D eigenvalue weighted by molar-refractivity contribution is -0.153. The minimum absolute atomic E-state index is 0.0119. The van der Waals surface area contributed by atoms with E-state index in [2.05, 4.69) is 32.2 Å². The van der Waals surface area contributed by atoms with Crippen molar-refractivity contribution in [3.05, 3.63) is 103 Å². The summed E-state index contributed by atoms with van der Waals surface area (Å²) in [6.45, 7) is 9.23. The lowest BCUT2D eigenvalue weighted by Crippen LogP contribution is -2.51. The van der Waals surface area contributed by atoms with Crippen molar-refractivity contribution in [2.75, 3.05) is 47.6 Å². The van der Waals surface area contributed by atoms with Gasteiger partial charge in [0.2, 0.25) is 5.91 Å². The number of carbonyl (C=O) groups is 4. The van der Waals surface area contributed by atoms with Crippen molar-refractivity contribution in [1.82, 2.24) is 40.4 Å². The van der Waals surface area contributed by atoms with Gasteiger partial charge in [-0.15, -0.1) is 0 Å². The lowest BCUT2D eigenvalue weighted by Gasteiger charge is -2.30. The molecule has 4 N–H and O–H groups in total. The third kappa shape index (κ3) is 11.3. The molecule has 4 heterocycles. The van der Waals surface area contributed by atoms with Crippen LogP contribution in [-0.4, -0.2) is 120 Å². The van der Waals surface area contributed by atoms with Crippen LogP contribution in [0.25, 0.3) is 44.2 Å². The van der Waals surface area contributed by atoms with Crippen molar-refractivity contribution in [3.63, 3.8) is 0 Å². The Balaban J connectivity index is 1.17. The summed E-state index contributed by atoms with van der Waals surface area (Å²) in [5, 5.41) is 6.84. The molecule has 2 fully saturated rings. The molecule has 7 rings (SSSR count). The number of aromatic amines is 2. The Kier molecular flexibility index (Phi) is 15.5. The molecule has 19 heteroatoms. The molecule has 0 spiro atoms. The number of alkyl carbamates (subject to hydrolysis) is 2. The monoisotopic (exact) mass is 954 g/mol. The molecule has 2 aromatic heterocycles. The van der Waals surface area contributed by atoms with E-state index < -0.39 is 55.0 Å². The van der Waals surface area contributed by atoms with E-state index >= 15 is 0 Å². The maximum absolute atomic E-state index is 14.1. The number of imidazole rings is 2. The highest BCUT2D eigenvalue weighted by Crippen LogP contribution is 2.40. The Morgan fingerprint density at radius 3 is 2.38 bits per heavy atom. The lowest BCUT2D eigenvalue weighted by atomic mass is 9.98. The second-order valence-electron chi connectivity index (χ2n) is 17.5. The van der Waals surface area contributed by atoms with Crippen molar-refractivity contribution in [2.24, 2.45) is 11.8 Å². The fraction of sp³-hybridized carbons (Fsp3) is 0.400. The van der Waals surface area contributed by atoms with Gasteiger partial charge in [-0.2, -0.15) is 13.2 Å². The third-order valence-electron chi connectivity index (χ3n) is 12.4. The van der Waals surface area contributed by atoms with Crippen LogP contribution >= 0.6 is 0 Å². The third-order valence-corrected chi connectivity index (χ3v) is 12.4. The number of hydrogen-bond donors (Lipinski definition) is 4. The number of alkyl halides is 3. The highest BCUT2D eigenvalue weighted by atomic mass is 19.4. The van der Waals surface area contributed by atoms with E-state index in [0.717, 1.165) is 10.8 Å². The SMILES string of the molecule is C=C(/C=C\C=C/C)[C@@H](NC(=O)OC)C(=O)N1CCC[C@H]1c1ncc(-c2ccc(-c3ccc4c(ccc5nc([C@@H]6C[C@H](COC)CN6C(=O)[C@@H](NC(=O)OC)C(C)C)[nH]c54)c3)c(OCC(F)(F)F)c2)[nH]1. The number of H-pyrrole nitrogens is 2. The number of nitrogens with one attached hydrogen (secondary N) is 4. The molecule has 2 aliphatic heterocycles.